The van der Waals surface area contributed by atoms with Gasteiger partial charge in [0.1, 0.15) is 5.82 Å². The predicted molar refractivity (Wildman–Crippen MR) is 111 cm³/mol. The summed E-state index contributed by atoms with van der Waals surface area (Å²) in [5, 5.41) is 8.77. The fourth-order valence-electron chi connectivity index (χ4n) is 3.89. The molecule has 7 heteroatoms. The van der Waals surface area contributed by atoms with Gasteiger partial charge < -0.3 is 9.64 Å². The number of benzene rings is 1. The third-order valence-electron chi connectivity index (χ3n) is 5.54. The topological polar surface area (TPSA) is 63.0 Å². The number of hydrogen-bond donors (Lipinski definition) is 0. The number of fused-ring (bicyclic) bond motifs is 1. The van der Waals surface area contributed by atoms with Gasteiger partial charge in [-0.15, -0.1) is 10.2 Å². The van der Waals surface area contributed by atoms with Gasteiger partial charge in [0.25, 0.3) is 5.91 Å². The average molecular weight is 393 g/mol. The number of rotatable bonds is 7. The Kier molecular flexibility index (Phi) is 5.87. The predicted octanol–water partition coefficient (Wildman–Crippen LogP) is 2.44. The number of ether oxygens (including phenoxy) is 1. The van der Waals surface area contributed by atoms with Crippen LogP contribution in [-0.2, 0) is 11.3 Å². The minimum atomic E-state index is -0.0271. The van der Waals surface area contributed by atoms with Crippen LogP contribution in [0.25, 0.3) is 5.65 Å². The van der Waals surface area contributed by atoms with Crippen molar-refractivity contribution in [1.29, 1.82) is 0 Å². The Labute approximate surface area is 170 Å². The molecule has 3 heterocycles. The number of carbonyl (C=O) groups is 1. The van der Waals surface area contributed by atoms with Crippen LogP contribution in [-0.4, -0.2) is 70.7 Å². The van der Waals surface area contributed by atoms with Crippen LogP contribution in [0.15, 0.2) is 48.7 Å². The van der Waals surface area contributed by atoms with Gasteiger partial charge in [-0.1, -0.05) is 30.3 Å². The lowest BCUT2D eigenvalue weighted by Crippen LogP contribution is -2.30. The number of carbonyl (C=O) groups excluding carboxylic acids is 1. The molecular formula is C22H27N5O2. The van der Waals surface area contributed by atoms with Gasteiger partial charge in [0.05, 0.1) is 12.2 Å². The summed E-state index contributed by atoms with van der Waals surface area (Å²) in [4.78, 5) is 16.8. The van der Waals surface area contributed by atoms with Crippen LogP contribution in [0.5, 0.6) is 0 Å². The summed E-state index contributed by atoms with van der Waals surface area (Å²) in [6, 6.07) is 14.2. The first-order valence-electron chi connectivity index (χ1n) is 10.0. The lowest BCUT2D eigenvalue weighted by molar-refractivity contribution is 0.0743. The third-order valence-corrected chi connectivity index (χ3v) is 5.54. The van der Waals surface area contributed by atoms with Gasteiger partial charge in [0.15, 0.2) is 5.65 Å². The summed E-state index contributed by atoms with van der Waals surface area (Å²) < 4.78 is 7.05. The standard InChI is InChI=1S/C22H27N5O2/c1-25(12-13-29-2)22(28)19-8-9-20-23-24-21(27(20)16-19)18-10-11-26(15-18)14-17-6-4-3-5-7-17/h3-9,16,18H,10-15H2,1-2H3/t18-/m0/s1. The van der Waals surface area contributed by atoms with E-state index >= 15 is 0 Å². The zero-order valence-electron chi connectivity index (χ0n) is 17.0. The maximum atomic E-state index is 12.7. The molecule has 152 valence electrons. The van der Waals surface area contributed by atoms with Crippen molar-refractivity contribution >= 4 is 11.6 Å². The molecule has 0 aliphatic carbocycles. The second-order valence-electron chi connectivity index (χ2n) is 7.63. The average Bonchev–Trinajstić information content (AvgIpc) is 3.38. The number of likely N-dealkylation sites (tertiary alicyclic amines) is 1. The van der Waals surface area contributed by atoms with E-state index in [2.05, 4.69) is 39.4 Å². The van der Waals surface area contributed by atoms with E-state index in [0.717, 1.165) is 37.5 Å². The van der Waals surface area contributed by atoms with Crippen LogP contribution in [0.3, 0.4) is 0 Å². The number of nitrogens with zero attached hydrogens (tertiary/aromatic N) is 5. The van der Waals surface area contributed by atoms with Crippen molar-refractivity contribution in [3.8, 4) is 0 Å². The molecule has 0 radical (unpaired) electrons. The van der Waals surface area contributed by atoms with E-state index in [1.54, 1.807) is 19.1 Å². The molecule has 3 aromatic rings. The Morgan fingerprint density at radius 2 is 2.03 bits per heavy atom. The van der Waals surface area contributed by atoms with Gasteiger partial charge in [0.2, 0.25) is 0 Å². The van der Waals surface area contributed by atoms with Crippen molar-refractivity contribution in [2.75, 3.05) is 40.4 Å². The molecule has 29 heavy (non-hydrogen) atoms. The quantitative estimate of drug-likeness (QED) is 0.617. The highest BCUT2D eigenvalue weighted by atomic mass is 16.5. The smallest absolute Gasteiger partial charge is 0.255 e. The van der Waals surface area contributed by atoms with Crippen LogP contribution >= 0.6 is 0 Å². The van der Waals surface area contributed by atoms with E-state index in [1.165, 1.54) is 5.56 Å². The molecule has 1 aromatic carbocycles. The largest absolute Gasteiger partial charge is 0.383 e. The van der Waals surface area contributed by atoms with Crippen molar-refractivity contribution in [1.82, 2.24) is 24.4 Å². The number of methoxy groups -OCH3 is 1. The summed E-state index contributed by atoms with van der Waals surface area (Å²) in [6.07, 6.45) is 2.91. The first-order valence-corrected chi connectivity index (χ1v) is 10.0. The van der Waals surface area contributed by atoms with Crippen molar-refractivity contribution in [3.05, 3.63) is 65.6 Å². The molecule has 1 fully saturated rings. The molecule has 1 atom stereocenters. The number of amides is 1. The normalized spacial score (nSPS) is 17.1. The molecule has 1 aliphatic rings. The maximum absolute atomic E-state index is 12.7. The van der Waals surface area contributed by atoms with Crippen LogP contribution in [0.4, 0.5) is 0 Å². The molecule has 4 rings (SSSR count). The van der Waals surface area contributed by atoms with E-state index in [-0.39, 0.29) is 5.91 Å². The minimum absolute atomic E-state index is 0.0271. The summed E-state index contributed by atoms with van der Waals surface area (Å²) in [5.41, 5.74) is 2.74. The van der Waals surface area contributed by atoms with Crippen molar-refractivity contribution in [3.63, 3.8) is 0 Å². The molecule has 1 amide bonds. The monoisotopic (exact) mass is 393 g/mol. The van der Waals surface area contributed by atoms with Gasteiger partial charge >= 0.3 is 0 Å². The number of aromatic nitrogens is 3. The summed E-state index contributed by atoms with van der Waals surface area (Å²) in [6.45, 7) is 4.00. The van der Waals surface area contributed by atoms with Gasteiger partial charge in [-0.2, -0.15) is 0 Å². The summed E-state index contributed by atoms with van der Waals surface area (Å²) in [7, 11) is 3.42. The Morgan fingerprint density at radius 3 is 2.83 bits per heavy atom. The molecule has 0 bridgehead atoms. The van der Waals surface area contributed by atoms with Crippen LogP contribution < -0.4 is 0 Å². The maximum Gasteiger partial charge on any atom is 0.255 e. The fraction of sp³-hybridized carbons (Fsp3) is 0.409. The highest BCUT2D eigenvalue weighted by Gasteiger charge is 2.28. The highest BCUT2D eigenvalue weighted by molar-refractivity contribution is 5.94. The van der Waals surface area contributed by atoms with Crippen LogP contribution in [0.2, 0.25) is 0 Å². The number of pyridine rings is 1. The van der Waals surface area contributed by atoms with E-state index in [1.807, 2.05) is 28.8 Å². The van der Waals surface area contributed by atoms with Gasteiger partial charge in [-0.3, -0.25) is 14.1 Å². The van der Waals surface area contributed by atoms with Gasteiger partial charge in [-0.05, 0) is 30.7 Å². The van der Waals surface area contributed by atoms with Crippen molar-refractivity contribution in [2.24, 2.45) is 0 Å². The van der Waals surface area contributed by atoms with Crippen LogP contribution in [0, 0.1) is 0 Å². The fourth-order valence-corrected chi connectivity index (χ4v) is 3.89. The zero-order chi connectivity index (χ0) is 20.2. The summed E-state index contributed by atoms with van der Waals surface area (Å²) in [5.74, 6) is 1.22. The van der Waals surface area contributed by atoms with E-state index in [4.69, 9.17) is 4.74 Å². The Hall–Kier alpha value is -2.77. The second kappa shape index (κ2) is 8.71. The number of likely N-dealkylation sites (N-methyl/N-ethyl adjacent to an activating group) is 1. The van der Waals surface area contributed by atoms with Crippen molar-refractivity contribution in [2.45, 2.75) is 18.9 Å². The Morgan fingerprint density at radius 1 is 1.21 bits per heavy atom. The summed E-state index contributed by atoms with van der Waals surface area (Å²) >= 11 is 0. The van der Waals surface area contributed by atoms with E-state index in [0.29, 0.717) is 24.6 Å². The molecule has 2 aromatic heterocycles. The van der Waals surface area contributed by atoms with E-state index < -0.39 is 0 Å². The van der Waals surface area contributed by atoms with Gasteiger partial charge in [0, 0.05) is 45.9 Å². The first kappa shape index (κ1) is 19.5. The van der Waals surface area contributed by atoms with E-state index in [9.17, 15) is 4.79 Å². The lowest BCUT2D eigenvalue weighted by atomic mass is 10.1. The first-order chi connectivity index (χ1) is 14.2. The highest BCUT2D eigenvalue weighted by Crippen LogP contribution is 2.27. The molecular weight excluding hydrogens is 366 g/mol. The Bertz CT molecular complexity index is 972. The molecule has 0 saturated carbocycles. The minimum Gasteiger partial charge on any atom is -0.383 e. The third kappa shape index (κ3) is 4.31. The second-order valence-corrected chi connectivity index (χ2v) is 7.63. The molecule has 1 aliphatic heterocycles. The number of hydrogen-bond acceptors (Lipinski definition) is 5. The lowest BCUT2D eigenvalue weighted by Gasteiger charge is -2.17. The Balaban J connectivity index is 1.50. The van der Waals surface area contributed by atoms with Crippen LogP contribution in [0.1, 0.15) is 34.1 Å². The van der Waals surface area contributed by atoms with Gasteiger partial charge in [-0.25, -0.2) is 0 Å². The molecule has 0 unspecified atom stereocenters. The molecule has 0 N–H and O–H groups in total. The zero-order valence-corrected chi connectivity index (χ0v) is 17.0. The molecule has 1 saturated heterocycles. The molecule has 7 nitrogen and oxygen atoms in total. The molecule has 0 spiro atoms. The SMILES string of the molecule is COCCN(C)C(=O)c1ccc2nnc([C@H]3CCN(Cc4ccccc4)C3)n2c1. The van der Waals surface area contributed by atoms with Crippen molar-refractivity contribution < 1.29 is 9.53 Å².